The van der Waals surface area contributed by atoms with Crippen LogP contribution in [-0.4, -0.2) is 18.2 Å². The third kappa shape index (κ3) is 2.60. The predicted octanol–water partition coefficient (Wildman–Crippen LogP) is 2.23. The summed E-state index contributed by atoms with van der Waals surface area (Å²) in [4.78, 5) is 11.6. The Morgan fingerprint density at radius 1 is 1.38 bits per heavy atom. The van der Waals surface area contributed by atoms with Crippen LogP contribution < -0.4 is 4.74 Å². The molecule has 0 aromatic heterocycles. The van der Waals surface area contributed by atoms with E-state index in [0.29, 0.717) is 0 Å². The number of nitrogens with zero attached hydrogens (tertiary/aromatic N) is 3. The second-order valence-electron chi connectivity index (χ2n) is 4.35. The van der Waals surface area contributed by atoms with Crippen molar-refractivity contribution in [2.45, 2.75) is 12.3 Å². The zero-order valence-corrected chi connectivity index (χ0v) is 12.0. The van der Waals surface area contributed by atoms with Crippen molar-refractivity contribution in [3.05, 3.63) is 28.3 Å². The van der Waals surface area contributed by atoms with Crippen LogP contribution in [0.2, 0.25) is 5.02 Å². The van der Waals surface area contributed by atoms with Gasteiger partial charge in [0, 0.05) is 0 Å². The zero-order valence-electron chi connectivity index (χ0n) is 11.2. The molecule has 0 bridgehead atoms. The van der Waals surface area contributed by atoms with Crippen LogP contribution in [0.4, 0.5) is 0 Å². The van der Waals surface area contributed by atoms with E-state index in [-0.39, 0.29) is 21.9 Å². The molecule has 1 aromatic carbocycles. The minimum atomic E-state index is -1.80. The Bertz CT molecular complexity index is 698. The smallest absolute Gasteiger partial charge is 0.316 e. The van der Waals surface area contributed by atoms with Crippen LogP contribution in [0.5, 0.6) is 5.75 Å². The number of methoxy groups -OCH3 is 1. The molecule has 7 heteroatoms. The Kier molecular flexibility index (Phi) is 4.76. The first-order chi connectivity index (χ1) is 9.86. The molecule has 0 aliphatic carbocycles. The molecule has 106 valence electrons. The highest BCUT2D eigenvalue weighted by Gasteiger charge is 2.45. The van der Waals surface area contributed by atoms with Gasteiger partial charge in [0.15, 0.2) is 5.92 Å². The van der Waals surface area contributed by atoms with Crippen LogP contribution >= 0.6 is 11.6 Å². The van der Waals surface area contributed by atoms with Gasteiger partial charge in [-0.3, -0.25) is 4.79 Å². The topological polar surface area (TPSA) is 118 Å². The van der Waals surface area contributed by atoms with Gasteiger partial charge >= 0.3 is 5.97 Å². The Balaban J connectivity index is 3.68. The maximum atomic E-state index is 11.6. The monoisotopic (exact) mass is 303 g/mol. The highest BCUT2D eigenvalue weighted by molar-refractivity contribution is 6.32. The molecule has 1 unspecified atom stereocenters. The fraction of sp³-hybridized carbons (Fsp3) is 0.286. The van der Waals surface area contributed by atoms with E-state index >= 15 is 0 Å². The van der Waals surface area contributed by atoms with E-state index in [4.69, 9.17) is 32.1 Å². The van der Waals surface area contributed by atoms with Gasteiger partial charge in [-0.1, -0.05) is 11.6 Å². The van der Waals surface area contributed by atoms with Crippen molar-refractivity contribution in [2.75, 3.05) is 7.11 Å². The van der Waals surface area contributed by atoms with E-state index in [1.807, 2.05) is 6.07 Å². The number of halogens is 1. The number of nitriles is 3. The molecule has 0 amide bonds. The molecule has 0 aliphatic heterocycles. The summed E-state index contributed by atoms with van der Waals surface area (Å²) in [6.07, 6.45) is 0. The Morgan fingerprint density at radius 2 is 1.95 bits per heavy atom. The highest BCUT2D eigenvalue weighted by atomic mass is 35.5. The first-order valence-electron chi connectivity index (χ1n) is 5.67. The first-order valence-corrected chi connectivity index (χ1v) is 6.05. The Morgan fingerprint density at radius 3 is 2.33 bits per heavy atom. The third-order valence-electron chi connectivity index (χ3n) is 3.27. The predicted molar refractivity (Wildman–Crippen MR) is 72.4 cm³/mol. The Hall–Kier alpha value is -2.75. The summed E-state index contributed by atoms with van der Waals surface area (Å²) in [5, 5.41) is 36.5. The number of carbonyl (C=O) groups is 1. The average Bonchev–Trinajstić information content (AvgIpc) is 2.46. The van der Waals surface area contributed by atoms with Crippen molar-refractivity contribution in [3.8, 4) is 24.0 Å². The quantitative estimate of drug-likeness (QED) is 0.911. The van der Waals surface area contributed by atoms with E-state index in [1.54, 1.807) is 12.1 Å². The number of carboxylic acids is 1. The van der Waals surface area contributed by atoms with Gasteiger partial charge in [-0.25, -0.2) is 0 Å². The number of rotatable bonds is 4. The van der Waals surface area contributed by atoms with Crippen LogP contribution in [-0.2, 0) is 10.2 Å². The van der Waals surface area contributed by atoms with Gasteiger partial charge in [-0.05, 0) is 24.6 Å². The van der Waals surface area contributed by atoms with Crippen LogP contribution in [0, 0.1) is 39.9 Å². The summed E-state index contributed by atoms with van der Waals surface area (Å²) >= 11 is 5.95. The summed E-state index contributed by atoms with van der Waals surface area (Å²) in [5.74, 6) is -2.69. The summed E-state index contributed by atoms with van der Waals surface area (Å²) < 4.78 is 5.01. The molecule has 0 fully saturated rings. The van der Waals surface area contributed by atoms with E-state index in [1.165, 1.54) is 26.2 Å². The van der Waals surface area contributed by atoms with Gasteiger partial charge < -0.3 is 9.84 Å². The fourth-order valence-corrected chi connectivity index (χ4v) is 2.10. The summed E-state index contributed by atoms with van der Waals surface area (Å²) in [6, 6.07) is 7.75. The lowest BCUT2D eigenvalue weighted by Crippen LogP contribution is -2.39. The van der Waals surface area contributed by atoms with Crippen molar-refractivity contribution < 1.29 is 14.6 Å². The molecule has 6 nitrogen and oxygen atoms in total. The largest absolute Gasteiger partial charge is 0.495 e. The van der Waals surface area contributed by atoms with Gasteiger partial charge in [0.1, 0.15) is 22.8 Å². The lowest BCUT2D eigenvalue weighted by Gasteiger charge is -2.26. The fourth-order valence-electron chi connectivity index (χ4n) is 1.85. The molecule has 1 N–H and O–H groups in total. The number of ether oxygens (including phenoxy) is 1. The average molecular weight is 304 g/mol. The second kappa shape index (κ2) is 6.13. The van der Waals surface area contributed by atoms with Gasteiger partial charge in [0.25, 0.3) is 0 Å². The molecule has 0 heterocycles. The number of hydrogen-bond donors (Lipinski definition) is 1. The van der Waals surface area contributed by atoms with Gasteiger partial charge in [0.2, 0.25) is 0 Å². The summed E-state index contributed by atoms with van der Waals surface area (Å²) in [6.45, 7) is 1.25. The molecule has 0 saturated heterocycles. The SMILES string of the molecule is COc1cc(C(C)(C(=O)O)C(C#N)C#N)cc(Cl)c1C#N. The second-order valence-corrected chi connectivity index (χ2v) is 4.75. The van der Waals surface area contributed by atoms with Crippen LogP contribution in [0.1, 0.15) is 18.1 Å². The number of aliphatic carboxylic acids is 1. The number of carboxylic acid groups (broad SMARTS) is 1. The van der Waals surface area contributed by atoms with E-state index < -0.39 is 17.3 Å². The third-order valence-corrected chi connectivity index (χ3v) is 3.56. The molecule has 21 heavy (non-hydrogen) atoms. The summed E-state index contributed by atoms with van der Waals surface area (Å²) in [5.41, 5.74) is -1.63. The minimum Gasteiger partial charge on any atom is -0.495 e. The minimum absolute atomic E-state index is 0.00560. The maximum Gasteiger partial charge on any atom is 0.316 e. The van der Waals surface area contributed by atoms with Crippen molar-refractivity contribution in [3.63, 3.8) is 0 Å². The van der Waals surface area contributed by atoms with E-state index in [9.17, 15) is 9.90 Å². The first kappa shape index (κ1) is 16.3. The molecule has 1 atom stereocenters. The van der Waals surface area contributed by atoms with Crippen LogP contribution in [0.15, 0.2) is 12.1 Å². The zero-order chi connectivity index (χ0) is 16.2. The lowest BCUT2D eigenvalue weighted by atomic mass is 9.72. The molecule has 0 saturated carbocycles. The Labute approximate surface area is 126 Å². The van der Waals surface area contributed by atoms with Crippen molar-refractivity contribution in [1.82, 2.24) is 0 Å². The van der Waals surface area contributed by atoms with Crippen LogP contribution in [0.3, 0.4) is 0 Å². The molecule has 0 aliphatic rings. The van der Waals surface area contributed by atoms with Crippen LogP contribution in [0.25, 0.3) is 0 Å². The van der Waals surface area contributed by atoms with Gasteiger partial charge in [0.05, 0.1) is 24.3 Å². The van der Waals surface area contributed by atoms with Gasteiger partial charge in [-0.15, -0.1) is 0 Å². The molecular weight excluding hydrogens is 294 g/mol. The standard InChI is InChI=1S/C14H10ClN3O3/c1-14(13(19)20,9(5-16)6-17)8-3-11(15)10(7-18)12(4-8)21-2/h3-4,9H,1-2H3,(H,19,20). The molecule has 1 rings (SSSR count). The highest BCUT2D eigenvalue weighted by Crippen LogP contribution is 2.38. The molecule has 1 aromatic rings. The molecule has 0 radical (unpaired) electrons. The molecular formula is C14H10ClN3O3. The van der Waals surface area contributed by atoms with E-state index in [2.05, 4.69) is 0 Å². The maximum absolute atomic E-state index is 11.6. The van der Waals surface area contributed by atoms with Crippen molar-refractivity contribution in [1.29, 1.82) is 15.8 Å². The number of hydrogen-bond acceptors (Lipinski definition) is 5. The van der Waals surface area contributed by atoms with Gasteiger partial charge in [-0.2, -0.15) is 15.8 Å². The lowest BCUT2D eigenvalue weighted by molar-refractivity contribution is -0.144. The molecule has 0 spiro atoms. The number of benzene rings is 1. The van der Waals surface area contributed by atoms with Crippen molar-refractivity contribution >= 4 is 17.6 Å². The van der Waals surface area contributed by atoms with E-state index in [0.717, 1.165) is 0 Å². The summed E-state index contributed by atoms with van der Waals surface area (Å²) in [7, 11) is 1.31. The normalized spacial score (nSPS) is 12.6. The van der Waals surface area contributed by atoms with Crippen molar-refractivity contribution in [2.24, 2.45) is 5.92 Å².